The minimum atomic E-state index is 0.357. The van der Waals surface area contributed by atoms with E-state index in [2.05, 4.69) is 15.3 Å². The molecule has 0 spiro atoms. The maximum atomic E-state index is 8.22. The maximum absolute atomic E-state index is 8.22. The Labute approximate surface area is 112 Å². The third-order valence-electron chi connectivity index (χ3n) is 2.56. The van der Waals surface area contributed by atoms with Crippen molar-refractivity contribution in [2.75, 3.05) is 11.9 Å². The zero-order valence-electron chi connectivity index (χ0n) is 10.4. The molecule has 94 valence electrons. The van der Waals surface area contributed by atoms with E-state index in [-0.39, 0.29) is 0 Å². The first-order valence-corrected chi connectivity index (χ1v) is 5.98. The molecule has 0 saturated carbocycles. The number of hydrogen-bond donors (Lipinski definition) is 1. The van der Waals surface area contributed by atoms with Gasteiger partial charge >= 0.3 is 0 Å². The molecule has 0 bridgehead atoms. The van der Waals surface area contributed by atoms with Crippen LogP contribution in [-0.2, 0) is 0 Å². The maximum Gasteiger partial charge on any atom is 0.0457 e. The van der Waals surface area contributed by atoms with E-state index >= 15 is 0 Å². The van der Waals surface area contributed by atoms with Crippen molar-refractivity contribution in [2.45, 2.75) is 0 Å². The molecule has 2 aromatic rings. The predicted molar refractivity (Wildman–Crippen MR) is 79.2 cm³/mol. The summed E-state index contributed by atoms with van der Waals surface area (Å²) in [5, 5.41) is 6.83. The molecule has 4 heteroatoms. The van der Waals surface area contributed by atoms with Crippen LogP contribution < -0.4 is 5.32 Å². The van der Waals surface area contributed by atoms with Crippen molar-refractivity contribution in [3.8, 4) is 0 Å². The number of azide groups is 1. The fourth-order valence-corrected chi connectivity index (χ4v) is 1.70. The summed E-state index contributed by atoms with van der Waals surface area (Å²) in [5.74, 6) is 0. The lowest BCUT2D eigenvalue weighted by Gasteiger charge is -2.09. The molecule has 0 aromatic heterocycles. The molecule has 0 unspecified atom stereocenters. The molecule has 2 aromatic carbocycles. The average molecular weight is 250 g/mol. The van der Waals surface area contributed by atoms with Crippen molar-refractivity contribution in [3.05, 3.63) is 76.7 Å². The Morgan fingerprint density at radius 3 is 2.58 bits per heavy atom. The van der Waals surface area contributed by atoms with Crippen molar-refractivity contribution in [3.63, 3.8) is 0 Å². The molecule has 4 nitrogen and oxygen atoms in total. The Morgan fingerprint density at radius 2 is 1.79 bits per heavy atom. The summed E-state index contributed by atoms with van der Waals surface area (Å²) in [7, 11) is 0. The molecule has 19 heavy (non-hydrogen) atoms. The van der Waals surface area contributed by atoms with Crippen LogP contribution in [0.15, 0.2) is 65.8 Å². The van der Waals surface area contributed by atoms with Gasteiger partial charge in [0.1, 0.15) is 0 Å². The highest BCUT2D eigenvalue weighted by Crippen LogP contribution is 2.21. The minimum absolute atomic E-state index is 0.357. The van der Waals surface area contributed by atoms with Gasteiger partial charge in [0.05, 0.1) is 0 Å². The van der Waals surface area contributed by atoms with E-state index in [0.717, 1.165) is 16.9 Å². The van der Waals surface area contributed by atoms with Crippen LogP contribution in [0.4, 0.5) is 11.4 Å². The van der Waals surface area contributed by atoms with Gasteiger partial charge in [-0.1, -0.05) is 53.7 Å². The summed E-state index contributed by atoms with van der Waals surface area (Å²) in [6.45, 7) is 0.357. The van der Waals surface area contributed by atoms with Gasteiger partial charge in [-0.3, -0.25) is 0 Å². The Hall–Kier alpha value is -2.71. The summed E-state index contributed by atoms with van der Waals surface area (Å²) in [6.07, 6.45) is 3.78. The lowest BCUT2D eigenvalue weighted by atomic mass is 10.1. The third kappa shape index (κ3) is 3.91. The van der Waals surface area contributed by atoms with Crippen molar-refractivity contribution in [1.29, 1.82) is 0 Å². The predicted octanol–water partition coefficient (Wildman–Crippen LogP) is 4.75. The van der Waals surface area contributed by atoms with Gasteiger partial charge in [-0.15, -0.1) is 0 Å². The van der Waals surface area contributed by atoms with Gasteiger partial charge in [-0.05, 0) is 29.3 Å². The highest BCUT2D eigenvalue weighted by Gasteiger charge is 1.98. The molecule has 0 aliphatic heterocycles. The van der Waals surface area contributed by atoms with E-state index in [1.165, 1.54) is 0 Å². The van der Waals surface area contributed by atoms with Crippen LogP contribution in [-0.4, -0.2) is 6.54 Å². The van der Waals surface area contributed by atoms with E-state index in [9.17, 15) is 0 Å². The highest BCUT2D eigenvalue weighted by molar-refractivity contribution is 5.71. The molecular formula is C15H14N4. The van der Waals surface area contributed by atoms with Crippen LogP contribution in [0.5, 0.6) is 0 Å². The molecule has 0 saturated heterocycles. The fourth-order valence-electron chi connectivity index (χ4n) is 1.70. The minimum Gasteiger partial charge on any atom is -0.355 e. The highest BCUT2D eigenvalue weighted by atomic mass is 15.1. The summed E-state index contributed by atoms with van der Waals surface area (Å²) >= 11 is 0. The number of rotatable bonds is 5. The van der Waals surface area contributed by atoms with Gasteiger partial charge in [0.15, 0.2) is 0 Å². The zero-order valence-corrected chi connectivity index (χ0v) is 10.4. The number of para-hydroxylation sites is 2. The van der Waals surface area contributed by atoms with Gasteiger partial charge in [0.2, 0.25) is 0 Å². The SMILES string of the molecule is [N-]=[N+]=NCC=Cc1ccccc1Nc1ccccc1. The van der Waals surface area contributed by atoms with Crippen LogP contribution in [0.3, 0.4) is 0 Å². The van der Waals surface area contributed by atoms with E-state index in [0.29, 0.717) is 6.54 Å². The average Bonchev–Trinajstić information content (AvgIpc) is 2.46. The number of nitrogens with zero attached hydrogens (tertiary/aromatic N) is 3. The van der Waals surface area contributed by atoms with Crippen molar-refractivity contribution in [1.82, 2.24) is 0 Å². The molecule has 0 radical (unpaired) electrons. The van der Waals surface area contributed by atoms with Crippen LogP contribution >= 0.6 is 0 Å². The smallest absolute Gasteiger partial charge is 0.0457 e. The number of hydrogen-bond acceptors (Lipinski definition) is 2. The van der Waals surface area contributed by atoms with Crippen LogP contribution in [0, 0.1) is 0 Å². The second-order valence-electron chi connectivity index (χ2n) is 3.89. The third-order valence-corrected chi connectivity index (χ3v) is 2.56. The Bertz CT molecular complexity index is 599. The van der Waals surface area contributed by atoms with Crippen molar-refractivity contribution in [2.24, 2.45) is 5.11 Å². The Kier molecular flexibility index (Phi) is 4.62. The Morgan fingerprint density at radius 1 is 1.05 bits per heavy atom. The van der Waals surface area contributed by atoms with Crippen LogP contribution in [0.1, 0.15) is 5.56 Å². The van der Waals surface area contributed by atoms with Gasteiger partial charge < -0.3 is 5.32 Å². The quantitative estimate of drug-likeness (QED) is 0.464. The lowest BCUT2D eigenvalue weighted by Crippen LogP contribution is -1.92. The van der Waals surface area contributed by atoms with E-state index in [1.54, 1.807) is 0 Å². The molecule has 0 amide bonds. The van der Waals surface area contributed by atoms with Gasteiger partial charge in [-0.25, -0.2) is 0 Å². The van der Waals surface area contributed by atoms with Gasteiger partial charge in [0.25, 0.3) is 0 Å². The summed E-state index contributed by atoms with van der Waals surface area (Å²) in [6, 6.07) is 18.0. The standard InChI is InChI=1S/C15H14N4/c16-19-17-12-6-8-13-7-4-5-11-15(13)18-14-9-2-1-3-10-14/h1-11,18H,12H2. The van der Waals surface area contributed by atoms with Gasteiger partial charge in [-0.2, -0.15) is 0 Å². The summed E-state index contributed by atoms with van der Waals surface area (Å²) in [4.78, 5) is 2.72. The monoisotopic (exact) mass is 250 g/mol. The normalized spacial score (nSPS) is 10.1. The van der Waals surface area contributed by atoms with E-state index < -0.39 is 0 Å². The van der Waals surface area contributed by atoms with E-state index in [4.69, 9.17) is 5.53 Å². The topological polar surface area (TPSA) is 60.8 Å². The number of anilines is 2. The molecule has 0 heterocycles. The zero-order chi connectivity index (χ0) is 13.3. The first kappa shape index (κ1) is 12.7. The van der Waals surface area contributed by atoms with Crippen LogP contribution in [0.2, 0.25) is 0 Å². The number of benzene rings is 2. The van der Waals surface area contributed by atoms with E-state index in [1.807, 2.05) is 66.7 Å². The molecule has 1 N–H and O–H groups in total. The second kappa shape index (κ2) is 6.89. The molecule has 2 rings (SSSR count). The first-order chi connectivity index (χ1) is 9.40. The second-order valence-corrected chi connectivity index (χ2v) is 3.89. The lowest BCUT2D eigenvalue weighted by molar-refractivity contribution is 1.22. The molecule has 0 atom stereocenters. The van der Waals surface area contributed by atoms with Gasteiger partial charge in [0, 0.05) is 22.8 Å². The van der Waals surface area contributed by atoms with Crippen molar-refractivity contribution >= 4 is 17.5 Å². The summed E-state index contributed by atoms with van der Waals surface area (Å²) in [5.41, 5.74) is 11.3. The molecule has 0 aliphatic rings. The Balaban J connectivity index is 2.16. The number of nitrogens with one attached hydrogen (secondary N) is 1. The molecular weight excluding hydrogens is 236 g/mol. The fraction of sp³-hybridized carbons (Fsp3) is 0.0667. The molecule has 0 fully saturated rings. The van der Waals surface area contributed by atoms with Crippen LogP contribution in [0.25, 0.3) is 16.5 Å². The summed E-state index contributed by atoms with van der Waals surface area (Å²) < 4.78 is 0. The first-order valence-electron chi connectivity index (χ1n) is 5.98. The molecule has 0 aliphatic carbocycles. The van der Waals surface area contributed by atoms with Crippen molar-refractivity contribution < 1.29 is 0 Å². The largest absolute Gasteiger partial charge is 0.355 e.